The molecule has 0 atom stereocenters. The van der Waals surface area contributed by atoms with Gasteiger partial charge in [0.25, 0.3) is 5.69 Å². The molecule has 0 saturated carbocycles. The number of carbonyl (C=O) groups excluding carboxylic acids is 1. The van der Waals surface area contributed by atoms with Crippen LogP contribution in [0.25, 0.3) is 0 Å². The number of thioether (sulfide) groups is 1. The van der Waals surface area contributed by atoms with Crippen LogP contribution in [0.5, 0.6) is 0 Å². The topological polar surface area (TPSA) is 97.5 Å². The average molecular weight is 317 g/mol. The predicted octanol–water partition coefficient (Wildman–Crippen LogP) is 3.25. The monoisotopic (exact) mass is 317 g/mol. The van der Waals surface area contributed by atoms with Gasteiger partial charge in [-0.15, -0.1) is 11.8 Å². The lowest BCUT2D eigenvalue weighted by molar-refractivity contribution is -0.385. The van der Waals surface area contributed by atoms with Gasteiger partial charge in [-0.25, -0.2) is 4.79 Å². The first-order valence-electron chi connectivity index (χ1n) is 6.15. The average Bonchev–Trinajstić information content (AvgIpc) is 2.53. The van der Waals surface area contributed by atoms with E-state index >= 15 is 0 Å². The minimum atomic E-state index is -1.40. The lowest BCUT2D eigenvalue weighted by Crippen LogP contribution is -2.08. The van der Waals surface area contributed by atoms with E-state index in [1.54, 1.807) is 36.6 Å². The molecule has 22 heavy (non-hydrogen) atoms. The van der Waals surface area contributed by atoms with Crippen molar-refractivity contribution in [3.8, 4) is 0 Å². The zero-order valence-corrected chi connectivity index (χ0v) is 12.3. The van der Waals surface area contributed by atoms with Gasteiger partial charge in [-0.05, 0) is 12.3 Å². The van der Waals surface area contributed by atoms with Gasteiger partial charge < -0.3 is 5.11 Å². The number of benzene rings is 2. The summed E-state index contributed by atoms with van der Waals surface area (Å²) in [4.78, 5) is 34.3. The number of nitro benzene ring substituents is 1. The maximum Gasteiger partial charge on any atom is 0.342 e. The lowest BCUT2D eigenvalue weighted by Gasteiger charge is -2.08. The molecule has 0 amide bonds. The van der Waals surface area contributed by atoms with E-state index in [9.17, 15) is 19.7 Å². The van der Waals surface area contributed by atoms with E-state index in [1.807, 2.05) is 0 Å². The molecule has 0 aromatic heterocycles. The maximum atomic E-state index is 12.5. The SMILES string of the molecule is CSc1cc(C(=O)O)c([N+](=O)[O-])cc1C(=O)c1ccccc1. The fourth-order valence-corrected chi connectivity index (χ4v) is 2.59. The van der Waals surface area contributed by atoms with Crippen LogP contribution in [0.15, 0.2) is 47.4 Å². The summed E-state index contributed by atoms with van der Waals surface area (Å²) in [6.07, 6.45) is 1.68. The van der Waals surface area contributed by atoms with Crippen molar-refractivity contribution >= 4 is 29.2 Å². The quantitative estimate of drug-likeness (QED) is 0.393. The smallest absolute Gasteiger partial charge is 0.342 e. The van der Waals surface area contributed by atoms with Gasteiger partial charge in [0.2, 0.25) is 0 Å². The van der Waals surface area contributed by atoms with E-state index in [0.29, 0.717) is 10.5 Å². The van der Waals surface area contributed by atoms with Crippen molar-refractivity contribution < 1.29 is 19.6 Å². The molecule has 0 aliphatic heterocycles. The third kappa shape index (κ3) is 2.99. The third-order valence-corrected chi connectivity index (χ3v) is 3.80. The molecule has 0 unspecified atom stereocenters. The molecular formula is C15H11NO5S. The number of carboxylic acid groups (broad SMARTS) is 1. The molecule has 0 radical (unpaired) electrons. The van der Waals surface area contributed by atoms with Crippen LogP contribution < -0.4 is 0 Å². The Balaban J connectivity index is 2.65. The Morgan fingerprint density at radius 2 is 1.77 bits per heavy atom. The highest BCUT2D eigenvalue weighted by Crippen LogP contribution is 2.30. The second kappa shape index (κ2) is 6.40. The summed E-state index contributed by atoms with van der Waals surface area (Å²) in [6.45, 7) is 0. The molecule has 7 heteroatoms. The summed E-state index contributed by atoms with van der Waals surface area (Å²) >= 11 is 1.16. The fourth-order valence-electron chi connectivity index (χ4n) is 1.98. The van der Waals surface area contributed by atoms with Crippen molar-refractivity contribution in [3.63, 3.8) is 0 Å². The van der Waals surface area contributed by atoms with Gasteiger partial charge >= 0.3 is 5.97 Å². The maximum absolute atomic E-state index is 12.5. The van der Waals surface area contributed by atoms with Gasteiger partial charge in [0.05, 0.1) is 4.92 Å². The second-order valence-corrected chi connectivity index (χ2v) is 5.18. The Hall–Kier alpha value is -2.67. The molecule has 2 rings (SSSR count). The summed E-state index contributed by atoms with van der Waals surface area (Å²) in [5.41, 5.74) is -0.519. The van der Waals surface area contributed by atoms with Crippen molar-refractivity contribution in [3.05, 3.63) is 69.3 Å². The van der Waals surface area contributed by atoms with Crippen molar-refractivity contribution in [1.29, 1.82) is 0 Å². The third-order valence-electron chi connectivity index (χ3n) is 3.03. The molecule has 0 spiro atoms. The zero-order valence-electron chi connectivity index (χ0n) is 11.5. The highest BCUT2D eigenvalue weighted by molar-refractivity contribution is 7.98. The Kier molecular flexibility index (Phi) is 4.57. The van der Waals surface area contributed by atoms with Gasteiger partial charge in [0, 0.05) is 22.1 Å². The minimum absolute atomic E-state index is 0.121. The van der Waals surface area contributed by atoms with Crippen LogP contribution in [0.2, 0.25) is 0 Å². The first-order valence-corrected chi connectivity index (χ1v) is 7.37. The van der Waals surface area contributed by atoms with Crippen molar-refractivity contribution in [1.82, 2.24) is 0 Å². The normalized spacial score (nSPS) is 10.2. The molecule has 112 valence electrons. The number of rotatable bonds is 5. The number of carbonyl (C=O) groups is 2. The zero-order chi connectivity index (χ0) is 16.3. The number of hydrogen-bond donors (Lipinski definition) is 1. The molecular weight excluding hydrogens is 306 g/mol. The van der Waals surface area contributed by atoms with E-state index in [4.69, 9.17) is 5.11 Å². The van der Waals surface area contributed by atoms with Crippen molar-refractivity contribution in [2.45, 2.75) is 4.90 Å². The van der Waals surface area contributed by atoms with Crippen LogP contribution in [0.3, 0.4) is 0 Å². The van der Waals surface area contributed by atoms with E-state index < -0.39 is 22.1 Å². The first-order chi connectivity index (χ1) is 10.5. The van der Waals surface area contributed by atoms with Crippen LogP contribution >= 0.6 is 11.8 Å². The molecule has 1 N–H and O–H groups in total. The minimum Gasteiger partial charge on any atom is -0.477 e. The number of carboxylic acids is 1. The molecule has 2 aromatic rings. The number of nitro groups is 1. The fraction of sp³-hybridized carbons (Fsp3) is 0.0667. The van der Waals surface area contributed by atoms with E-state index in [2.05, 4.69) is 0 Å². The van der Waals surface area contributed by atoms with E-state index in [-0.39, 0.29) is 11.3 Å². The second-order valence-electron chi connectivity index (χ2n) is 4.33. The number of hydrogen-bond acceptors (Lipinski definition) is 5. The molecule has 6 nitrogen and oxygen atoms in total. The Morgan fingerprint density at radius 3 is 2.27 bits per heavy atom. The van der Waals surface area contributed by atoms with Gasteiger partial charge in [0.15, 0.2) is 5.78 Å². The summed E-state index contributed by atoms with van der Waals surface area (Å²) in [7, 11) is 0. The number of nitrogens with zero attached hydrogens (tertiary/aromatic N) is 1. The highest BCUT2D eigenvalue weighted by Gasteiger charge is 2.25. The van der Waals surface area contributed by atoms with Crippen LogP contribution in [0, 0.1) is 10.1 Å². The van der Waals surface area contributed by atoms with Gasteiger partial charge in [0.1, 0.15) is 5.56 Å². The first kappa shape index (κ1) is 15.7. The Bertz CT molecular complexity index is 758. The summed E-state index contributed by atoms with van der Waals surface area (Å²) < 4.78 is 0. The summed E-state index contributed by atoms with van der Waals surface area (Å²) in [5.74, 6) is -1.79. The highest BCUT2D eigenvalue weighted by atomic mass is 32.2. The molecule has 0 saturated heterocycles. The van der Waals surface area contributed by atoms with Crippen LogP contribution in [-0.4, -0.2) is 28.0 Å². The Labute approximate surface area is 129 Å². The molecule has 2 aromatic carbocycles. The summed E-state index contributed by atoms with van der Waals surface area (Å²) in [6, 6.07) is 10.5. The largest absolute Gasteiger partial charge is 0.477 e. The van der Waals surface area contributed by atoms with Crippen LogP contribution in [0.1, 0.15) is 26.3 Å². The van der Waals surface area contributed by atoms with Crippen molar-refractivity contribution in [2.24, 2.45) is 0 Å². The lowest BCUT2D eigenvalue weighted by atomic mass is 10.0. The predicted molar refractivity (Wildman–Crippen MR) is 81.7 cm³/mol. The number of aromatic carboxylic acids is 1. The van der Waals surface area contributed by atoms with Crippen LogP contribution in [-0.2, 0) is 0 Å². The molecule has 0 bridgehead atoms. The van der Waals surface area contributed by atoms with E-state index in [1.165, 1.54) is 6.07 Å². The van der Waals surface area contributed by atoms with E-state index in [0.717, 1.165) is 17.8 Å². The van der Waals surface area contributed by atoms with Gasteiger partial charge in [-0.3, -0.25) is 14.9 Å². The Morgan fingerprint density at radius 1 is 1.14 bits per heavy atom. The number of ketones is 1. The molecule has 0 heterocycles. The standard InChI is InChI=1S/C15H11NO5S/c1-22-13-8-10(15(18)19)12(16(20)21)7-11(13)14(17)9-5-3-2-4-6-9/h2-8H,1H3,(H,18,19). The van der Waals surface area contributed by atoms with Gasteiger partial charge in [-0.1, -0.05) is 30.3 Å². The molecule has 0 aliphatic rings. The van der Waals surface area contributed by atoms with Crippen molar-refractivity contribution in [2.75, 3.05) is 6.26 Å². The summed E-state index contributed by atoms with van der Waals surface area (Å²) in [5, 5.41) is 20.1. The molecule has 0 aliphatic carbocycles. The van der Waals surface area contributed by atoms with Crippen LogP contribution in [0.4, 0.5) is 5.69 Å². The molecule has 0 fully saturated rings. The van der Waals surface area contributed by atoms with Gasteiger partial charge in [-0.2, -0.15) is 0 Å².